The summed E-state index contributed by atoms with van der Waals surface area (Å²) in [5.74, 6) is 0.918. The maximum atomic E-state index is 11.1. The average molecular weight is 248 g/mol. The van der Waals surface area contributed by atoms with Crippen LogP contribution in [0.25, 0.3) is 0 Å². The van der Waals surface area contributed by atoms with E-state index in [0.29, 0.717) is 0 Å². The lowest BCUT2D eigenvalue weighted by Gasteiger charge is -2.34. The summed E-state index contributed by atoms with van der Waals surface area (Å²) < 4.78 is 5.24. The zero-order chi connectivity index (χ0) is 13.0. The third kappa shape index (κ3) is 3.15. The molecule has 4 nitrogen and oxygen atoms in total. The van der Waals surface area contributed by atoms with Gasteiger partial charge in [-0.3, -0.25) is 4.79 Å². The van der Waals surface area contributed by atoms with Crippen molar-refractivity contribution >= 4 is 11.6 Å². The van der Waals surface area contributed by atoms with E-state index in [1.54, 1.807) is 14.0 Å². The second-order valence-electron chi connectivity index (χ2n) is 4.69. The smallest absolute Gasteiger partial charge is 0.217 e. The van der Waals surface area contributed by atoms with E-state index in [1.165, 1.54) is 0 Å². The van der Waals surface area contributed by atoms with Gasteiger partial charge in [-0.15, -0.1) is 0 Å². The molecule has 0 radical (unpaired) electrons. The van der Waals surface area contributed by atoms with E-state index in [-0.39, 0.29) is 11.9 Å². The highest BCUT2D eigenvalue weighted by molar-refractivity contribution is 5.73. The standard InChI is InChI=1S/C14H20N2O2/c1-11(17)15-12-5-4-8-16(10-12)13-6-3-7-14(9-13)18-2/h3,6-7,9,12H,4-5,8,10H2,1-2H3,(H,15,17). The van der Waals surface area contributed by atoms with Crippen molar-refractivity contribution in [3.63, 3.8) is 0 Å². The number of nitrogens with one attached hydrogen (secondary N) is 1. The number of ether oxygens (including phenoxy) is 1. The van der Waals surface area contributed by atoms with Crippen molar-refractivity contribution in [1.29, 1.82) is 0 Å². The molecular formula is C14H20N2O2. The fraction of sp³-hybridized carbons (Fsp3) is 0.500. The summed E-state index contributed by atoms with van der Waals surface area (Å²) in [7, 11) is 1.68. The lowest BCUT2D eigenvalue weighted by molar-refractivity contribution is -0.119. The predicted octanol–water partition coefficient (Wildman–Crippen LogP) is 1.80. The minimum Gasteiger partial charge on any atom is -0.497 e. The molecule has 0 aromatic heterocycles. The van der Waals surface area contributed by atoms with E-state index < -0.39 is 0 Å². The summed E-state index contributed by atoms with van der Waals surface area (Å²) >= 11 is 0. The van der Waals surface area contributed by atoms with E-state index in [2.05, 4.69) is 16.3 Å². The number of nitrogens with zero attached hydrogens (tertiary/aromatic N) is 1. The van der Waals surface area contributed by atoms with Crippen LogP contribution >= 0.6 is 0 Å². The van der Waals surface area contributed by atoms with Gasteiger partial charge >= 0.3 is 0 Å². The molecule has 1 saturated heterocycles. The minimum absolute atomic E-state index is 0.0486. The van der Waals surface area contributed by atoms with Crippen LogP contribution in [0.5, 0.6) is 5.75 Å². The Kier molecular flexibility index (Phi) is 4.07. The largest absolute Gasteiger partial charge is 0.497 e. The van der Waals surface area contributed by atoms with Crippen LogP contribution in [0.2, 0.25) is 0 Å². The zero-order valence-electron chi connectivity index (χ0n) is 11.0. The van der Waals surface area contributed by atoms with Gasteiger partial charge in [-0.2, -0.15) is 0 Å². The van der Waals surface area contributed by atoms with Gasteiger partial charge in [0.1, 0.15) is 5.75 Å². The lowest BCUT2D eigenvalue weighted by Crippen LogP contribution is -2.47. The van der Waals surface area contributed by atoms with Crippen LogP contribution < -0.4 is 15.0 Å². The molecule has 18 heavy (non-hydrogen) atoms. The summed E-state index contributed by atoms with van der Waals surface area (Å²) in [6.45, 7) is 3.47. The quantitative estimate of drug-likeness (QED) is 0.887. The predicted molar refractivity (Wildman–Crippen MR) is 72.0 cm³/mol. The van der Waals surface area contributed by atoms with Crippen LogP contribution in [-0.2, 0) is 4.79 Å². The molecule has 4 heteroatoms. The second-order valence-corrected chi connectivity index (χ2v) is 4.69. The summed E-state index contributed by atoms with van der Waals surface area (Å²) in [6.07, 6.45) is 2.15. The highest BCUT2D eigenvalue weighted by atomic mass is 16.5. The van der Waals surface area contributed by atoms with Crippen molar-refractivity contribution < 1.29 is 9.53 Å². The van der Waals surface area contributed by atoms with Crippen molar-refractivity contribution in [2.24, 2.45) is 0 Å². The number of benzene rings is 1. The third-order valence-corrected chi connectivity index (χ3v) is 3.25. The SMILES string of the molecule is COc1cccc(N2CCCC(NC(C)=O)C2)c1. The molecule has 1 heterocycles. The van der Waals surface area contributed by atoms with Crippen LogP contribution in [-0.4, -0.2) is 32.1 Å². The summed E-state index contributed by atoms with van der Waals surface area (Å²) in [5, 5.41) is 3.00. The molecule has 1 atom stereocenters. The molecule has 1 aliphatic rings. The van der Waals surface area contributed by atoms with Crippen molar-refractivity contribution in [2.75, 3.05) is 25.1 Å². The third-order valence-electron chi connectivity index (χ3n) is 3.25. The first-order valence-electron chi connectivity index (χ1n) is 6.35. The van der Waals surface area contributed by atoms with Crippen LogP contribution in [0.1, 0.15) is 19.8 Å². The van der Waals surface area contributed by atoms with E-state index >= 15 is 0 Å². The Labute approximate surface area is 108 Å². The molecule has 1 unspecified atom stereocenters. The van der Waals surface area contributed by atoms with Gasteiger partial charge < -0.3 is 15.0 Å². The molecule has 0 bridgehead atoms. The van der Waals surface area contributed by atoms with Crippen molar-refractivity contribution in [1.82, 2.24) is 5.32 Å². The molecule has 1 aromatic rings. The van der Waals surface area contributed by atoms with Gasteiger partial charge in [-0.05, 0) is 25.0 Å². The van der Waals surface area contributed by atoms with Crippen molar-refractivity contribution in [3.8, 4) is 5.75 Å². The first-order valence-corrected chi connectivity index (χ1v) is 6.35. The Morgan fingerprint density at radius 3 is 3.06 bits per heavy atom. The molecule has 1 aliphatic heterocycles. The molecule has 0 spiro atoms. The summed E-state index contributed by atoms with van der Waals surface area (Å²) in [6, 6.07) is 8.31. The molecule has 98 valence electrons. The van der Waals surface area contributed by atoms with Gasteiger partial charge in [0.25, 0.3) is 0 Å². The second kappa shape index (κ2) is 5.76. The fourth-order valence-electron chi connectivity index (χ4n) is 2.42. The molecule has 1 aromatic carbocycles. The maximum Gasteiger partial charge on any atom is 0.217 e. The van der Waals surface area contributed by atoms with Gasteiger partial charge in [0, 0.05) is 37.8 Å². The number of methoxy groups -OCH3 is 1. The molecular weight excluding hydrogens is 228 g/mol. The Hall–Kier alpha value is -1.71. The Bertz CT molecular complexity index is 420. The maximum absolute atomic E-state index is 11.1. The number of hydrogen-bond acceptors (Lipinski definition) is 3. The van der Waals surface area contributed by atoms with Crippen LogP contribution in [0.3, 0.4) is 0 Å². The summed E-state index contributed by atoms with van der Waals surface area (Å²) in [4.78, 5) is 13.4. The van der Waals surface area contributed by atoms with Gasteiger partial charge in [0.05, 0.1) is 7.11 Å². The first kappa shape index (κ1) is 12.7. The normalized spacial score (nSPS) is 19.4. The fourth-order valence-corrected chi connectivity index (χ4v) is 2.42. The molecule has 0 aliphatic carbocycles. The average Bonchev–Trinajstić information content (AvgIpc) is 2.38. The topological polar surface area (TPSA) is 41.6 Å². The number of anilines is 1. The van der Waals surface area contributed by atoms with Crippen LogP contribution in [0.4, 0.5) is 5.69 Å². The van der Waals surface area contributed by atoms with Gasteiger partial charge in [-0.1, -0.05) is 6.07 Å². The first-order chi connectivity index (χ1) is 8.69. The van der Waals surface area contributed by atoms with Crippen LogP contribution in [0.15, 0.2) is 24.3 Å². The summed E-state index contributed by atoms with van der Waals surface area (Å²) in [5.41, 5.74) is 1.16. The monoisotopic (exact) mass is 248 g/mol. The molecule has 1 N–H and O–H groups in total. The van der Waals surface area contributed by atoms with Crippen LogP contribution in [0, 0.1) is 0 Å². The molecule has 1 fully saturated rings. The number of rotatable bonds is 3. The van der Waals surface area contributed by atoms with E-state index in [4.69, 9.17) is 4.74 Å². The highest BCUT2D eigenvalue weighted by Crippen LogP contribution is 2.24. The lowest BCUT2D eigenvalue weighted by atomic mass is 10.0. The highest BCUT2D eigenvalue weighted by Gasteiger charge is 2.20. The minimum atomic E-state index is 0.0486. The van der Waals surface area contributed by atoms with Crippen molar-refractivity contribution in [2.45, 2.75) is 25.8 Å². The Morgan fingerprint density at radius 1 is 1.50 bits per heavy atom. The molecule has 2 rings (SSSR count). The van der Waals surface area contributed by atoms with E-state index in [0.717, 1.165) is 37.4 Å². The molecule has 1 amide bonds. The number of hydrogen-bond donors (Lipinski definition) is 1. The molecule has 0 saturated carbocycles. The number of amides is 1. The number of piperidine rings is 1. The van der Waals surface area contributed by atoms with Gasteiger partial charge in [0.15, 0.2) is 0 Å². The number of carbonyl (C=O) groups excluding carboxylic acids is 1. The van der Waals surface area contributed by atoms with E-state index in [9.17, 15) is 4.79 Å². The Morgan fingerprint density at radius 2 is 2.33 bits per heavy atom. The number of carbonyl (C=O) groups is 1. The van der Waals surface area contributed by atoms with E-state index in [1.807, 2.05) is 18.2 Å². The Balaban J connectivity index is 2.05. The van der Waals surface area contributed by atoms with Gasteiger partial charge in [0.2, 0.25) is 5.91 Å². The van der Waals surface area contributed by atoms with Gasteiger partial charge in [-0.25, -0.2) is 0 Å². The van der Waals surface area contributed by atoms with Crippen molar-refractivity contribution in [3.05, 3.63) is 24.3 Å². The zero-order valence-corrected chi connectivity index (χ0v) is 11.0.